The number of nitrogens with zero attached hydrogens (tertiary/aromatic N) is 1. The van der Waals surface area contributed by atoms with E-state index in [1.807, 2.05) is 0 Å². The van der Waals surface area contributed by atoms with Gasteiger partial charge in [-0.3, -0.25) is 4.99 Å². The summed E-state index contributed by atoms with van der Waals surface area (Å²) in [6, 6.07) is 10.4. The van der Waals surface area contributed by atoms with Crippen LogP contribution in [0.3, 0.4) is 0 Å². The highest BCUT2D eigenvalue weighted by molar-refractivity contribution is 5.91. The molecule has 0 radical (unpaired) electrons. The highest BCUT2D eigenvalue weighted by Crippen LogP contribution is 2.37. The van der Waals surface area contributed by atoms with Crippen LogP contribution in [0.4, 0.5) is 5.69 Å². The average Bonchev–Trinajstić information content (AvgIpc) is 3.05. The Hall–Kier alpha value is -3.02. The Bertz CT molecular complexity index is 770. The summed E-state index contributed by atoms with van der Waals surface area (Å²) < 4.78 is 20.7. The molecule has 0 aromatic heterocycles. The Morgan fingerprint density at radius 3 is 2.70 bits per heavy atom. The Morgan fingerprint density at radius 2 is 1.96 bits per heavy atom. The van der Waals surface area contributed by atoms with Gasteiger partial charge in [-0.05, 0) is 24.3 Å². The number of ether oxygens (including phenoxy) is 4. The van der Waals surface area contributed by atoms with Crippen molar-refractivity contribution in [3.8, 4) is 17.2 Å². The van der Waals surface area contributed by atoms with Crippen LogP contribution < -0.4 is 14.2 Å². The lowest BCUT2D eigenvalue weighted by molar-refractivity contribution is 0.0600. The molecule has 3 rings (SSSR count). The van der Waals surface area contributed by atoms with Gasteiger partial charge in [0.1, 0.15) is 5.75 Å². The summed E-state index contributed by atoms with van der Waals surface area (Å²) in [6.45, 7) is 0.195. The van der Waals surface area contributed by atoms with Crippen molar-refractivity contribution >= 4 is 17.9 Å². The van der Waals surface area contributed by atoms with Crippen molar-refractivity contribution < 1.29 is 23.7 Å². The molecule has 0 bridgehead atoms. The lowest BCUT2D eigenvalue weighted by Gasteiger charge is -2.06. The number of carbonyl (C=O) groups excluding carboxylic acids is 1. The summed E-state index contributed by atoms with van der Waals surface area (Å²) in [4.78, 5) is 15.9. The van der Waals surface area contributed by atoms with Crippen molar-refractivity contribution in [2.75, 3.05) is 21.0 Å². The van der Waals surface area contributed by atoms with Crippen molar-refractivity contribution in [2.45, 2.75) is 0 Å². The van der Waals surface area contributed by atoms with Gasteiger partial charge < -0.3 is 18.9 Å². The Labute approximate surface area is 133 Å². The molecular weight excluding hydrogens is 298 g/mol. The predicted molar refractivity (Wildman–Crippen MR) is 84.2 cm³/mol. The first kappa shape index (κ1) is 14.9. The fourth-order valence-corrected chi connectivity index (χ4v) is 2.19. The van der Waals surface area contributed by atoms with Crippen molar-refractivity contribution in [3.63, 3.8) is 0 Å². The van der Waals surface area contributed by atoms with Crippen LogP contribution in [0.15, 0.2) is 41.4 Å². The van der Waals surface area contributed by atoms with Crippen molar-refractivity contribution in [2.24, 2.45) is 4.99 Å². The molecule has 6 nitrogen and oxygen atoms in total. The van der Waals surface area contributed by atoms with Crippen LogP contribution in [0.2, 0.25) is 0 Å². The first-order chi connectivity index (χ1) is 11.2. The van der Waals surface area contributed by atoms with Gasteiger partial charge in [0.2, 0.25) is 6.79 Å². The fourth-order valence-electron chi connectivity index (χ4n) is 2.19. The quantitative estimate of drug-likeness (QED) is 0.641. The molecule has 0 spiro atoms. The molecule has 23 heavy (non-hydrogen) atoms. The zero-order valence-corrected chi connectivity index (χ0v) is 12.7. The number of hydrogen-bond donors (Lipinski definition) is 0. The molecule has 0 N–H and O–H groups in total. The average molecular weight is 313 g/mol. The number of carbonyl (C=O) groups is 1. The fraction of sp³-hybridized carbons (Fsp3) is 0.176. The van der Waals surface area contributed by atoms with Crippen molar-refractivity contribution in [1.29, 1.82) is 0 Å². The minimum atomic E-state index is -0.400. The summed E-state index contributed by atoms with van der Waals surface area (Å²) in [5, 5.41) is 0. The van der Waals surface area contributed by atoms with Crippen molar-refractivity contribution in [3.05, 3.63) is 47.5 Å². The van der Waals surface area contributed by atoms with Crippen LogP contribution >= 0.6 is 0 Å². The van der Waals surface area contributed by atoms with E-state index in [1.54, 1.807) is 49.7 Å². The van der Waals surface area contributed by atoms with E-state index < -0.39 is 5.97 Å². The van der Waals surface area contributed by atoms with E-state index in [-0.39, 0.29) is 6.79 Å². The summed E-state index contributed by atoms with van der Waals surface area (Å²) in [5.74, 6) is 1.52. The monoisotopic (exact) mass is 313 g/mol. The van der Waals surface area contributed by atoms with Crippen molar-refractivity contribution in [1.82, 2.24) is 0 Å². The SMILES string of the molecule is COC(=O)c1cccc(N=Cc2cc3c(cc2OC)OCO3)c1. The second kappa shape index (κ2) is 6.39. The maximum absolute atomic E-state index is 11.5. The molecule has 1 aliphatic rings. The second-order valence-electron chi connectivity index (χ2n) is 4.75. The van der Waals surface area contributed by atoms with Gasteiger partial charge in [0.15, 0.2) is 11.5 Å². The highest BCUT2D eigenvalue weighted by Gasteiger charge is 2.17. The number of esters is 1. The van der Waals surface area contributed by atoms with E-state index in [2.05, 4.69) is 4.99 Å². The van der Waals surface area contributed by atoms with E-state index in [0.29, 0.717) is 28.5 Å². The van der Waals surface area contributed by atoms with E-state index in [1.165, 1.54) is 7.11 Å². The van der Waals surface area contributed by atoms with Crippen LogP contribution in [0.1, 0.15) is 15.9 Å². The minimum absolute atomic E-state index is 0.195. The Kier molecular flexibility index (Phi) is 4.14. The third kappa shape index (κ3) is 3.11. The van der Waals surface area contributed by atoms with Crippen LogP contribution in [0.5, 0.6) is 17.2 Å². The number of aliphatic imine (C=N–C) groups is 1. The number of benzene rings is 2. The minimum Gasteiger partial charge on any atom is -0.496 e. The summed E-state index contributed by atoms with van der Waals surface area (Å²) in [5.41, 5.74) is 1.83. The normalized spacial score (nSPS) is 12.4. The van der Waals surface area contributed by atoms with Crippen LogP contribution in [0, 0.1) is 0 Å². The third-order valence-electron chi connectivity index (χ3n) is 3.34. The summed E-state index contributed by atoms with van der Waals surface area (Å²) >= 11 is 0. The van der Waals surface area contributed by atoms with Gasteiger partial charge in [-0.2, -0.15) is 0 Å². The molecule has 2 aromatic rings. The summed E-state index contributed by atoms with van der Waals surface area (Å²) in [7, 11) is 2.92. The Morgan fingerprint density at radius 1 is 1.17 bits per heavy atom. The van der Waals surface area contributed by atoms with Crippen LogP contribution in [-0.4, -0.2) is 33.2 Å². The van der Waals surface area contributed by atoms with Gasteiger partial charge in [0, 0.05) is 17.8 Å². The van der Waals surface area contributed by atoms with Crippen LogP contribution in [-0.2, 0) is 4.74 Å². The molecule has 6 heteroatoms. The topological polar surface area (TPSA) is 66.4 Å². The first-order valence-electron chi connectivity index (χ1n) is 6.91. The standard InChI is InChI=1S/C17H15NO5/c1-20-14-8-16-15(22-10-23-16)7-12(14)9-18-13-5-3-4-11(6-13)17(19)21-2/h3-9H,10H2,1-2H3. The summed E-state index contributed by atoms with van der Waals surface area (Å²) in [6.07, 6.45) is 1.65. The largest absolute Gasteiger partial charge is 0.496 e. The molecular formula is C17H15NO5. The van der Waals surface area contributed by atoms with E-state index >= 15 is 0 Å². The smallest absolute Gasteiger partial charge is 0.337 e. The van der Waals surface area contributed by atoms with Gasteiger partial charge in [-0.15, -0.1) is 0 Å². The molecule has 2 aromatic carbocycles. The molecule has 0 fully saturated rings. The van der Waals surface area contributed by atoms with Gasteiger partial charge >= 0.3 is 5.97 Å². The molecule has 0 atom stereocenters. The molecule has 1 aliphatic heterocycles. The Balaban J connectivity index is 1.90. The lowest BCUT2D eigenvalue weighted by atomic mass is 10.2. The van der Waals surface area contributed by atoms with Crippen LogP contribution in [0.25, 0.3) is 0 Å². The molecule has 1 heterocycles. The maximum Gasteiger partial charge on any atom is 0.337 e. The predicted octanol–water partition coefficient (Wildman–Crippen LogP) is 2.96. The number of fused-ring (bicyclic) bond motifs is 1. The van der Waals surface area contributed by atoms with Gasteiger partial charge in [-0.25, -0.2) is 4.79 Å². The highest BCUT2D eigenvalue weighted by atomic mass is 16.7. The van der Waals surface area contributed by atoms with E-state index in [4.69, 9.17) is 18.9 Å². The van der Waals surface area contributed by atoms with E-state index in [9.17, 15) is 4.79 Å². The van der Waals surface area contributed by atoms with E-state index in [0.717, 1.165) is 5.56 Å². The van der Waals surface area contributed by atoms with Gasteiger partial charge in [-0.1, -0.05) is 6.07 Å². The maximum atomic E-state index is 11.5. The molecule has 0 aliphatic carbocycles. The second-order valence-corrected chi connectivity index (χ2v) is 4.75. The zero-order chi connectivity index (χ0) is 16.2. The molecule has 0 amide bonds. The molecule has 0 saturated heterocycles. The number of methoxy groups -OCH3 is 2. The first-order valence-corrected chi connectivity index (χ1v) is 6.91. The number of hydrogen-bond acceptors (Lipinski definition) is 6. The zero-order valence-electron chi connectivity index (χ0n) is 12.7. The lowest BCUT2D eigenvalue weighted by Crippen LogP contribution is -2.00. The molecule has 118 valence electrons. The van der Waals surface area contributed by atoms with Gasteiger partial charge in [0.05, 0.1) is 25.5 Å². The third-order valence-corrected chi connectivity index (χ3v) is 3.34. The number of rotatable bonds is 4. The molecule has 0 saturated carbocycles. The van der Waals surface area contributed by atoms with Gasteiger partial charge in [0.25, 0.3) is 0 Å². The molecule has 0 unspecified atom stereocenters.